The molecule has 0 unspecified atom stereocenters. The van der Waals surface area contributed by atoms with Gasteiger partial charge in [0.15, 0.2) is 11.3 Å². The Morgan fingerprint density at radius 2 is 2.11 bits per heavy atom. The number of ether oxygens (including phenoxy) is 2. The lowest BCUT2D eigenvalue weighted by Gasteiger charge is -2.22. The number of aryl methyl sites for hydroxylation is 1. The van der Waals surface area contributed by atoms with Gasteiger partial charge in [-0.2, -0.15) is 0 Å². The maximum Gasteiger partial charge on any atom is 0.340 e. The summed E-state index contributed by atoms with van der Waals surface area (Å²) in [5.74, 6) is 0.690. The monoisotopic (exact) mass is 388 g/mol. The molecule has 1 aromatic carbocycles. The molecule has 0 radical (unpaired) electrons. The van der Waals surface area contributed by atoms with Crippen LogP contribution in [0.2, 0.25) is 0 Å². The highest BCUT2D eigenvalue weighted by atomic mass is 16.5. The Labute approximate surface area is 164 Å². The number of carbonyl (C=O) groups is 1. The van der Waals surface area contributed by atoms with Crippen LogP contribution in [0, 0.1) is 6.92 Å². The van der Waals surface area contributed by atoms with Crippen LogP contribution in [0.25, 0.3) is 11.0 Å². The van der Waals surface area contributed by atoms with E-state index < -0.39 is 5.63 Å². The van der Waals surface area contributed by atoms with E-state index >= 15 is 0 Å². The van der Waals surface area contributed by atoms with Crippen LogP contribution in [0.1, 0.15) is 30.9 Å². The number of rotatable bonds is 7. The van der Waals surface area contributed by atoms with Crippen LogP contribution >= 0.6 is 0 Å². The molecule has 2 aromatic rings. The van der Waals surface area contributed by atoms with Crippen LogP contribution in [-0.4, -0.2) is 50.7 Å². The van der Waals surface area contributed by atoms with E-state index in [0.29, 0.717) is 35.2 Å². The van der Waals surface area contributed by atoms with Crippen molar-refractivity contribution in [3.8, 4) is 11.5 Å². The van der Waals surface area contributed by atoms with Crippen molar-refractivity contribution in [2.24, 2.45) is 0 Å². The molecular formula is C21H28N2O5. The smallest absolute Gasteiger partial charge is 0.340 e. The zero-order valence-electron chi connectivity index (χ0n) is 17.0. The molecule has 1 atom stereocenters. The zero-order valence-corrected chi connectivity index (χ0v) is 17.0. The number of amides is 1. The third-order valence-electron chi connectivity index (χ3n) is 5.58. The Morgan fingerprint density at radius 1 is 1.32 bits per heavy atom. The van der Waals surface area contributed by atoms with E-state index in [9.17, 15) is 9.59 Å². The zero-order chi connectivity index (χ0) is 20.3. The lowest BCUT2D eigenvalue weighted by molar-refractivity contribution is -0.120. The number of hydrogen-bond acceptors (Lipinski definition) is 6. The van der Waals surface area contributed by atoms with Crippen LogP contribution in [0.3, 0.4) is 0 Å². The van der Waals surface area contributed by atoms with E-state index in [2.05, 4.69) is 17.1 Å². The van der Waals surface area contributed by atoms with Gasteiger partial charge < -0.3 is 19.2 Å². The highest BCUT2D eigenvalue weighted by molar-refractivity contribution is 5.89. The molecule has 28 heavy (non-hydrogen) atoms. The van der Waals surface area contributed by atoms with Gasteiger partial charge in [0.25, 0.3) is 0 Å². The number of likely N-dealkylation sites (N-methyl/N-ethyl adjacent to an activating group) is 1. The number of nitrogens with one attached hydrogen (secondary N) is 1. The summed E-state index contributed by atoms with van der Waals surface area (Å²) in [6, 6.07) is 3.95. The van der Waals surface area contributed by atoms with Crippen LogP contribution in [0.4, 0.5) is 0 Å². The van der Waals surface area contributed by atoms with Crippen molar-refractivity contribution >= 4 is 16.9 Å². The van der Waals surface area contributed by atoms with Crippen molar-refractivity contribution in [3.05, 3.63) is 33.7 Å². The largest absolute Gasteiger partial charge is 0.493 e. The molecule has 1 saturated heterocycles. The van der Waals surface area contributed by atoms with Crippen LogP contribution in [-0.2, 0) is 11.2 Å². The standard InChI is InChI=1S/C21H28N2O5/c1-5-23-10-6-7-14(23)12-22-18(24)11-16-13(2)15-8-9-17(26-3)20(27-4)19(15)28-21(16)25/h8-9,14H,5-7,10-12H2,1-4H3,(H,22,24)/t14-/m0/s1. The Kier molecular flexibility index (Phi) is 6.24. The van der Waals surface area contributed by atoms with E-state index in [1.165, 1.54) is 14.2 Å². The van der Waals surface area contributed by atoms with Gasteiger partial charge >= 0.3 is 5.63 Å². The number of benzene rings is 1. The van der Waals surface area contributed by atoms with Crippen molar-refractivity contribution in [2.45, 2.75) is 39.2 Å². The maximum atomic E-state index is 12.6. The predicted octanol–water partition coefficient (Wildman–Crippen LogP) is 2.26. The van der Waals surface area contributed by atoms with Crippen LogP contribution in [0.5, 0.6) is 11.5 Å². The van der Waals surface area contributed by atoms with Gasteiger partial charge in [-0.15, -0.1) is 0 Å². The number of methoxy groups -OCH3 is 2. The van der Waals surface area contributed by atoms with Gasteiger partial charge in [-0.1, -0.05) is 6.92 Å². The summed E-state index contributed by atoms with van der Waals surface area (Å²) in [7, 11) is 3.02. The molecule has 1 aromatic heterocycles. The normalized spacial score (nSPS) is 17.1. The first-order chi connectivity index (χ1) is 13.5. The maximum absolute atomic E-state index is 12.6. The third-order valence-corrected chi connectivity index (χ3v) is 5.58. The SMILES string of the molecule is CCN1CCC[C@H]1CNC(=O)Cc1c(C)c2ccc(OC)c(OC)c2oc1=O. The summed E-state index contributed by atoms with van der Waals surface area (Å²) in [5, 5.41) is 3.70. The second kappa shape index (κ2) is 8.65. The first-order valence-corrected chi connectivity index (χ1v) is 9.68. The van der Waals surface area contributed by atoms with Crippen LogP contribution < -0.4 is 20.4 Å². The topological polar surface area (TPSA) is 81.0 Å². The fraction of sp³-hybridized carbons (Fsp3) is 0.524. The summed E-state index contributed by atoms with van der Waals surface area (Å²) in [6.45, 7) is 6.63. The van der Waals surface area contributed by atoms with E-state index in [4.69, 9.17) is 13.9 Å². The van der Waals surface area contributed by atoms with Gasteiger partial charge in [0.05, 0.1) is 26.2 Å². The quantitative estimate of drug-likeness (QED) is 0.733. The molecular weight excluding hydrogens is 360 g/mol. The molecule has 152 valence electrons. The highest BCUT2D eigenvalue weighted by Crippen LogP contribution is 2.36. The molecule has 2 heterocycles. The molecule has 3 rings (SSSR count). The second-order valence-electron chi connectivity index (χ2n) is 7.08. The third kappa shape index (κ3) is 3.85. The lowest BCUT2D eigenvalue weighted by atomic mass is 10.0. The highest BCUT2D eigenvalue weighted by Gasteiger charge is 2.24. The number of nitrogens with zero attached hydrogens (tertiary/aromatic N) is 1. The minimum Gasteiger partial charge on any atom is -0.493 e. The fourth-order valence-corrected chi connectivity index (χ4v) is 3.97. The van der Waals surface area contributed by atoms with Gasteiger partial charge in [-0.3, -0.25) is 9.69 Å². The minimum atomic E-state index is -0.525. The first kappa shape index (κ1) is 20.2. The Bertz CT molecular complexity index is 921. The predicted molar refractivity (Wildman–Crippen MR) is 107 cm³/mol. The molecule has 7 nitrogen and oxygen atoms in total. The Hall–Kier alpha value is -2.54. The van der Waals surface area contributed by atoms with Crippen molar-refractivity contribution in [2.75, 3.05) is 33.9 Å². The molecule has 1 aliphatic rings. The van der Waals surface area contributed by atoms with Crippen molar-refractivity contribution in [1.29, 1.82) is 0 Å². The van der Waals surface area contributed by atoms with Gasteiger partial charge in [0.1, 0.15) is 0 Å². The summed E-state index contributed by atoms with van der Waals surface area (Å²) >= 11 is 0. The van der Waals surface area contributed by atoms with E-state index in [1.54, 1.807) is 6.07 Å². The molecule has 0 bridgehead atoms. The average molecular weight is 388 g/mol. The number of hydrogen-bond donors (Lipinski definition) is 1. The van der Waals surface area contributed by atoms with Gasteiger partial charge in [-0.05, 0) is 50.6 Å². The Balaban J connectivity index is 1.81. The van der Waals surface area contributed by atoms with Crippen molar-refractivity contribution < 1.29 is 18.7 Å². The molecule has 0 aliphatic carbocycles. The molecule has 0 spiro atoms. The molecule has 1 fully saturated rings. The fourth-order valence-electron chi connectivity index (χ4n) is 3.97. The summed E-state index contributed by atoms with van der Waals surface area (Å²) in [6.07, 6.45) is 2.25. The summed E-state index contributed by atoms with van der Waals surface area (Å²) < 4.78 is 16.1. The molecule has 0 saturated carbocycles. The number of carbonyl (C=O) groups excluding carboxylic acids is 1. The molecule has 1 aliphatic heterocycles. The molecule has 1 amide bonds. The number of likely N-dealkylation sites (tertiary alicyclic amines) is 1. The molecule has 7 heteroatoms. The van der Waals surface area contributed by atoms with Gasteiger partial charge in [-0.25, -0.2) is 4.79 Å². The number of fused-ring (bicyclic) bond motifs is 1. The lowest BCUT2D eigenvalue weighted by Crippen LogP contribution is -2.40. The van der Waals surface area contributed by atoms with Crippen LogP contribution in [0.15, 0.2) is 21.3 Å². The molecule has 1 N–H and O–H groups in total. The van der Waals surface area contributed by atoms with Gasteiger partial charge in [0.2, 0.25) is 11.7 Å². The van der Waals surface area contributed by atoms with Gasteiger partial charge in [0, 0.05) is 18.0 Å². The van der Waals surface area contributed by atoms with E-state index in [0.717, 1.165) is 36.9 Å². The summed E-state index contributed by atoms with van der Waals surface area (Å²) in [4.78, 5) is 27.4. The van der Waals surface area contributed by atoms with E-state index in [1.807, 2.05) is 13.0 Å². The van der Waals surface area contributed by atoms with Crippen molar-refractivity contribution in [3.63, 3.8) is 0 Å². The first-order valence-electron chi connectivity index (χ1n) is 9.68. The Morgan fingerprint density at radius 3 is 2.79 bits per heavy atom. The van der Waals surface area contributed by atoms with Crippen molar-refractivity contribution in [1.82, 2.24) is 10.2 Å². The summed E-state index contributed by atoms with van der Waals surface area (Å²) in [5.41, 5.74) is 0.898. The minimum absolute atomic E-state index is 0.00268. The average Bonchev–Trinajstić information content (AvgIpc) is 3.16. The van der Waals surface area contributed by atoms with E-state index in [-0.39, 0.29) is 12.3 Å². The second-order valence-corrected chi connectivity index (χ2v) is 7.08.